The Morgan fingerprint density at radius 3 is 2.45 bits per heavy atom. The van der Waals surface area contributed by atoms with E-state index in [1.54, 1.807) is 18.2 Å². The van der Waals surface area contributed by atoms with Crippen molar-refractivity contribution in [2.24, 2.45) is 0 Å². The molecule has 0 spiro atoms. The summed E-state index contributed by atoms with van der Waals surface area (Å²) >= 11 is 0. The molecular weight excluding hydrogens is 307 g/mol. The van der Waals surface area contributed by atoms with Crippen molar-refractivity contribution < 1.29 is 17.9 Å². The fourth-order valence-electron chi connectivity index (χ4n) is 2.00. The molecule has 0 saturated carbocycles. The molecule has 7 heteroatoms. The summed E-state index contributed by atoms with van der Waals surface area (Å²) in [6.07, 6.45) is 0. The van der Waals surface area contributed by atoms with Crippen LogP contribution in [0.25, 0.3) is 10.9 Å². The molecule has 1 aromatic heterocycles. The summed E-state index contributed by atoms with van der Waals surface area (Å²) in [6.45, 7) is 0. The molecule has 2 N–H and O–H groups in total. The van der Waals surface area contributed by atoms with Gasteiger partial charge >= 0.3 is 0 Å². The van der Waals surface area contributed by atoms with Crippen molar-refractivity contribution in [2.45, 2.75) is 4.90 Å². The number of sulfonamides is 1. The molecule has 0 unspecified atom stereocenters. The van der Waals surface area contributed by atoms with E-state index in [1.807, 2.05) is 0 Å². The summed E-state index contributed by atoms with van der Waals surface area (Å²) < 4.78 is 39.6. The van der Waals surface area contributed by atoms with E-state index >= 15 is 0 Å². The first kappa shape index (κ1) is 14.3. The van der Waals surface area contributed by atoms with Gasteiger partial charge in [0.1, 0.15) is 22.9 Å². The topological polar surface area (TPSA) is 79.3 Å². The largest absolute Gasteiger partial charge is 0.506 e. The van der Waals surface area contributed by atoms with E-state index in [0.717, 1.165) is 24.3 Å². The molecule has 0 aliphatic heterocycles. The van der Waals surface area contributed by atoms with Gasteiger partial charge in [0.25, 0.3) is 10.0 Å². The van der Waals surface area contributed by atoms with Crippen LogP contribution in [0, 0.1) is 5.82 Å². The first-order valence-corrected chi connectivity index (χ1v) is 7.81. The lowest BCUT2D eigenvalue weighted by Gasteiger charge is -2.08. The molecule has 0 fully saturated rings. The second-order valence-electron chi connectivity index (χ2n) is 4.60. The van der Waals surface area contributed by atoms with Crippen LogP contribution in [0.3, 0.4) is 0 Å². The van der Waals surface area contributed by atoms with Crippen molar-refractivity contribution >= 4 is 26.7 Å². The zero-order chi connectivity index (χ0) is 15.7. The highest BCUT2D eigenvalue weighted by Crippen LogP contribution is 2.24. The maximum absolute atomic E-state index is 12.9. The van der Waals surface area contributed by atoms with Crippen LogP contribution in [0.15, 0.2) is 59.5 Å². The van der Waals surface area contributed by atoms with Crippen molar-refractivity contribution in [1.82, 2.24) is 4.98 Å². The number of pyridine rings is 1. The van der Waals surface area contributed by atoms with Gasteiger partial charge in [-0.25, -0.2) is 17.8 Å². The number of fused-ring (bicyclic) bond motifs is 1. The highest BCUT2D eigenvalue weighted by atomic mass is 32.2. The smallest absolute Gasteiger partial charge is 0.263 e. The number of benzene rings is 2. The fourth-order valence-corrected chi connectivity index (χ4v) is 3.00. The molecule has 3 aromatic rings. The van der Waals surface area contributed by atoms with E-state index in [0.29, 0.717) is 10.9 Å². The Kier molecular flexibility index (Phi) is 3.42. The number of aromatic hydroxyl groups is 1. The zero-order valence-electron chi connectivity index (χ0n) is 11.2. The van der Waals surface area contributed by atoms with Gasteiger partial charge in [-0.15, -0.1) is 0 Å². The molecule has 0 atom stereocenters. The highest BCUT2D eigenvalue weighted by molar-refractivity contribution is 7.92. The van der Waals surface area contributed by atoms with Crippen molar-refractivity contribution in [3.8, 4) is 5.75 Å². The third-order valence-corrected chi connectivity index (χ3v) is 4.43. The number of para-hydroxylation sites is 1. The van der Waals surface area contributed by atoms with Crippen molar-refractivity contribution in [3.05, 3.63) is 60.4 Å². The molecule has 0 aliphatic carbocycles. The molecule has 2 aromatic carbocycles. The third kappa shape index (κ3) is 2.71. The molecule has 0 saturated heterocycles. The number of anilines is 1. The lowest BCUT2D eigenvalue weighted by molar-refractivity contribution is 0.480. The molecule has 112 valence electrons. The molecular formula is C15H11FN2O3S. The predicted octanol–water partition coefficient (Wildman–Crippen LogP) is 2.88. The van der Waals surface area contributed by atoms with Gasteiger partial charge in [-0.3, -0.25) is 4.72 Å². The molecule has 5 nitrogen and oxygen atoms in total. The molecule has 0 amide bonds. The Morgan fingerprint density at radius 2 is 1.73 bits per heavy atom. The minimum atomic E-state index is -3.87. The summed E-state index contributed by atoms with van der Waals surface area (Å²) in [5.41, 5.74) is 0.293. The minimum Gasteiger partial charge on any atom is -0.506 e. The van der Waals surface area contributed by atoms with Gasteiger partial charge in [-0.1, -0.05) is 12.1 Å². The Morgan fingerprint density at radius 1 is 1.00 bits per heavy atom. The van der Waals surface area contributed by atoms with E-state index in [1.165, 1.54) is 12.1 Å². The summed E-state index contributed by atoms with van der Waals surface area (Å²) in [5, 5.41) is 10.4. The first-order valence-electron chi connectivity index (χ1n) is 6.33. The lowest BCUT2D eigenvalue weighted by Crippen LogP contribution is -2.13. The van der Waals surface area contributed by atoms with E-state index in [-0.39, 0.29) is 16.5 Å². The van der Waals surface area contributed by atoms with E-state index in [9.17, 15) is 17.9 Å². The van der Waals surface area contributed by atoms with Crippen LogP contribution >= 0.6 is 0 Å². The van der Waals surface area contributed by atoms with Gasteiger partial charge in [0.15, 0.2) is 0 Å². The first-order chi connectivity index (χ1) is 10.5. The molecule has 0 bridgehead atoms. The van der Waals surface area contributed by atoms with Crippen LogP contribution in [-0.2, 0) is 10.0 Å². The Labute approximate surface area is 126 Å². The van der Waals surface area contributed by atoms with E-state index in [4.69, 9.17) is 0 Å². The Hall–Kier alpha value is -2.67. The van der Waals surface area contributed by atoms with Crippen LogP contribution in [0.2, 0.25) is 0 Å². The van der Waals surface area contributed by atoms with Gasteiger partial charge < -0.3 is 5.11 Å². The number of phenols is 1. The third-order valence-electron chi connectivity index (χ3n) is 3.06. The average molecular weight is 318 g/mol. The molecule has 0 aliphatic rings. The van der Waals surface area contributed by atoms with Gasteiger partial charge in [-0.2, -0.15) is 0 Å². The number of phenolic OH excluding ortho intramolecular Hbond substituents is 1. The SMILES string of the molecule is O=S(=O)(Nc1ccc2cccc(O)c2n1)c1ccc(F)cc1. The van der Waals surface area contributed by atoms with E-state index < -0.39 is 15.8 Å². The van der Waals surface area contributed by atoms with Gasteiger partial charge in [0.2, 0.25) is 0 Å². The van der Waals surface area contributed by atoms with Crippen LogP contribution < -0.4 is 4.72 Å². The Balaban J connectivity index is 1.98. The van der Waals surface area contributed by atoms with Gasteiger partial charge in [-0.05, 0) is 42.5 Å². The van der Waals surface area contributed by atoms with Crippen molar-refractivity contribution in [3.63, 3.8) is 0 Å². The summed E-state index contributed by atoms with van der Waals surface area (Å²) in [6, 6.07) is 12.5. The fraction of sp³-hybridized carbons (Fsp3) is 0. The number of hydrogen-bond acceptors (Lipinski definition) is 4. The number of halogens is 1. The number of rotatable bonds is 3. The summed E-state index contributed by atoms with van der Waals surface area (Å²) in [7, 11) is -3.87. The summed E-state index contributed by atoms with van der Waals surface area (Å²) in [4.78, 5) is 4.01. The van der Waals surface area contributed by atoms with Crippen LogP contribution in [0.5, 0.6) is 5.75 Å². The second-order valence-corrected chi connectivity index (χ2v) is 6.29. The predicted molar refractivity (Wildman–Crippen MR) is 80.6 cm³/mol. The average Bonchev–Trinajstić information content (AvgIpc) is 2.48. The quantitative estimate of drug-likeness (QED) is 0.778. The molecule has 0 radical (unpaired) electrons. The van der Waals surface area contributed by atoms with Crippen LogP contribution in [0.1, 0.15) is 0 Å². The normalized spacial score (nSPS) is 11.5. The molecule has 1 heterocycles. The molecule has 3 rings (SSSR count). The maximum atomic E-state index is 12.9. The zero-order valence-corrected chi connectivity index (χ0v) is 12.0. The standard InChI is InChI=1S/C15H11FN2O3S/c16-11-5-7-12(8-6-11)22(20,21)18-14-9-4-10-2-1-3-13(19)15(10)17-14/h1-9,19H,(H,17,18). The van der Waals surface area contributed by atoms with Crippen molar-refractivity contribution in [2.75, 3.05) is 4.72 Å². The van der Waals surface area contributed by atoms with Crippen LogP contribution in [0.4, 0.5) is 10.2 Å². The van der Waals surface area contributed by atoms with Crippen molar-refractivity contribution in [1.29, 1.82) is 0 Å². The van der Waals surface area contributed by atoms with E-state index in [2.05, 4.69) is 9.71 Å². The highest BCUT2D eigenvalue weighted by Gasteiger charge is 2.15. The number of nitrogens with one attached hydrogen (secondary N) is 1. The second kappa shape index (κ2) is 5.27. The van der Waals surface area contributed by atoms with Gasteiger partial charge in [0.05, 0.1) is 4.90 Å². The summed E-state index contributed by atoms with van der Waals surface area (Å²) in [5.74, 6) is -0.494. The minimum absolute atomic E-state index is 0.0414. The van der Waals surface area contributed by atoms with Gasteiger partial charge in [0, 0.05) is 5.39 Å². The maximum Gasteiger partial charge on any atom is 0.263 e. The lowest BCUT2D eigenvalue weighted by atomic mass is 10.2. The number of hydrogen-bond donors (Lipinski definition) is 2. The van der Waals surface area contributed by atoms with Crippen LogP contribution in [-0.4, -0.2) is 18.5 Å². The number of nitrogens with zero attached hydrogens (tertiary/aromatic N) is 1. The Bertz CT molecular complexity index is 941. The number of aromatic nitrogens is 1. The monoisotopic (exact) mass is 318 g/mol. The molecule has 22 heavy (non-hydrogen) atoms.